The van der Waals surface area contributed by atoms with E-state index in [2.05, 4.69) is 126 Å². The fraction of sp³-hybridized carbons (Fsp3) is 0. The molecule has 0 N–H and O–H groups in total. The molecule has 0 aliphatic rings. The number of rotatable bonds is 4. The summed E-state index contributed by atoms with van der Waals surface area (Å²) in [4.78, 5) is 15.1. The van der Waals surface area contributed by atoms with Gasteiger partial charge in [0.25, 0.3) is 0 Å². The van der Waals surface area contributed by atoms with Gasteiger partial charge >= 0.3 is 0 Å². The van der Waals surface area contributed by atoms with Crippen LogP contribution in [0.4, 0.5) is 0 Å². The number of fused-ring (bicyclic) bond motifs is 12. The number of hydrogen-bond acceptors (Lipinski definition) is 4. The minimum atomic E-state index is 0.599. The Kier molecular flexibility index (Phi) is 6.56. The van der Waals surface area contributed by atoms with Crippen LogP contribution in [0.25, 0.3) is 116 Å². The van der Waals surface area contributed by atoms with E-state index in [4.69, 9.17) is 19.4 Å². The van der Waals surface area contributed by atoms with Crippen LogP contribution in [0.2, 0.25) is 0 Å². The van der Waals surface area contributed by atoms with Gasteiger partial charge in [0.15, 0.2) is 17.5 Å². The maximum absolute atomic E-state index is 6.73. The first kappa shape index (κ1) is 30.8. The summed E-state index contributed by atoms with van der Waals surface area (Å²) >= 11 is 0. The van der Waals surface area contributed by atoms with Crippen molar-refractivity contribution in [3.05, 3.63) is 182 Å². The monoisotopic (exact) mass is 714 g/mol. The van der Waals surface area contributed by atoms with Crippen molar-refractivity contribution in [1.82, 2.24) is 19.5 Å². The van der Waals surface area contributed by atoms with Gasteiger partial charge in [-0.05, 0) is 68.7 Å². The molecule has 0 saturated heterocycles. The summed E-state index contributed by atoms with van der Waals surface area (Å²) in [5, 5.41) is 11.8. The van der Waals surface area contributed by atoms with E-state index < -0.39 is 0 Å². The van der Waals surface area contributed by atoms with Crippen LogP contribution < -0.4 is 0 Å². The molecule has 3 heterocycles. The lowest BCUT2D eigenvalue weighted by molar-refractivity contribution is 0.669. The Morgan fingerprint density at radius 3 is 1.48 bits per heavy atom. The molecule has 0 spiro atoms. The van der Waals surface area contributed by atoms with Crippen molar-refractivity contribution >= 4 is 76.1 Å². The fourth-order valence-electron chi connectivity index (χ4n) is 8.71. The normalized spacial score (nSPS) is 11.9. The van der Waals surface area contributed by atoms with Crippen molar-refractivity contribution in [2.24, 2.45) is 0 Å². The third kappa shape index (κ3) is 4.58. The smallest absolute Gasteiger partial charge is 0.164 e. The van der Waals surface area contributed by atoms with Crippen LogP contribution in [0.3, 0.4) is 0 Å². The van der Waals surface area contributed by atoms with E-state index in [1.807, 2.05) is 60.7 Å². The van der Waals surface area contributed by atoms with E-state index in [1.54, 1.807) is 0 Å². The molecule has 0 bridgehead atoms. The Labute approximate surface area is 320 Å². The highest BCUT2D eigenvalue weighted by Crippen LogP contribution is 2.43. The molecule has 5 nitrogen and oxygen atoms in total. The summed E-state index contributed by atoms with van der Waals surface area (Å²) in [7, 11) is 0. The summed E-state index contributed by atoms with van der Waals surface area (Å²) in [5.74, 6) is 1.85. The van der Waals surface area contributed by atoms with E-state index in [1.165, 1.54) is 43.4 Å². The molecule has 0 radical (unpaired) electrons. The molecule has 56 heavy (non-hydrogen) atoms. The summed E-state index contributed by atoms with van der Waals surface area (Å²) < 4.78 is 9.15. The molecule has 3 aromatic heterocycles. The number of nitrogens with zero attached hydrogens (tertiary/aromatic N) is 4. The number of furan rings is 1. The van der Waals surface area contributed by atoms with Gasteiger partial charge in [-0.15, -0.1) is 0 Å². The summed E-state index contributed by atoms with van der Waals surface area (Å²) in [5.41, 5.74) is 7.80. The van der Waals surface area contributed by atoms with Crippen molar-refractivity contribution in [3.8, 4) is 39.9 Å². The molecule has 0 saturated carbocycles. The van der Waals surface area contributed by atoms with Crippen LogP contribution in [0.1, 0.15) is 0 Å². The predicted octanol–water partition coefficient (Wildman–Crippen LogP) is 13.3. The Balaban J connectivity index is 1.12. The van der Waals surface area contributed by atoms with Crippen LogP contribution in [-0.2, 0) is 0 Å². The molecule has 0 unspecified atom stereocenters. The summed E-state index contributed by atoms with van der Waals surface area (Å²) in [6, 6.07) is 63.8. The topological polar surface area (TPSA) is 56.7 Å². The molecule has 0 fully saturated rings. The molecule has 260 valence electrons. The van der Waals surface area contributed by atoms with Gasteiger partial charge in [-0.3, -0.25) is 0 Å². The largest absolute Gasteiger partial charge is 0.456 e. The van der Waals surface area contributed by atoms with Crippen molar-refractivity contribution in [2.45, 2.75) is 0 Å². The molecular formula is C51H30N4O. The maximum atomic E-state index is 6.73. The predicted molar refractivity (Wildman–Crippen MR) is 230 cm³/mol. The molecule has 0 aliphatic carbocycles. The van der Waals surface area contributed by atoms with Crippen molar-refractivity contribution in [1.29, 1.82) is 0 Å². The zero-order chi connectivity index (χ0) is 36.7. The van der Waals surface area contributed by atoms with Crippen molar-refractivity contribution in [3.63, 3.8) is 0 Å². The molecule has 12 aromatic rings. The standard InChI is InChI=1S/C51H30N4O/c1-3-15-33(16-4-1)49-52-50(34-17-5-2-6-18-34)54-51(53-49)40-30-45-46(39-22-12-11-21-38(39)40)41-29-35(25-28-44(41)56-45)55-42-26-23-31-13-7-9-19-36(31)47(42)48-37-20-10-8-14-32(37)24-27-43(48)55/h1-30H. The maximum Gasteiger partial charge on any atom is 0.164 e. The molecule has 0 amide bonds. The van der Waals surface area contributed by atoms with Crippen molar-refractivity contribution < 1.29 is 4.42 Å². The fourth-order valence-corrected chi connectivity index (χ4v) is 8.71. The van der Waals surface area contributed by atoms with Crippen molar-refractivity contribution in [2.75, 3.05) is 0 Å². The first-order chi connectivity index (χ1) is 27.8. The number of benzene rings is 9. The van der Waals surface area contributed by atoms with Crippen LogP contribution in [0, 0.1) is 0 Å². The van der Waals surface area contributed by atoms with Gasteiger partial charge in [0.05, 0.1) is 11.0 Å². The average Bonchev–Trinajstić information content (AvgIpc) is 3.82. The van der Waals surface area contributed by atoms with E-state index in [0.29, 0.717) is 17.5 Å². The molecule has 0 atom stereocenters. The van der Waals surface area contributed by atoms with Crippen LogP contribution >= 0.6 is 0 Å². The van der Waals surface area contributed by atoms with Gasteiger partial charge in [0.1, 0.15) is 11.2 Å². The first-order valence-corrected chi connectivity index (χ1v) is 18.9. The average molecular weight is 715 g/mol. The van der Waals surface area contributed by atoms with Gasteiger partial charge in [0.2, 0.25) is 0 Å². The Bertz CT molecular complexity index is 3380. The lowest BCUT2D eigenvalue weighted by atomic mass is 9.98. The highest BCUT2D eigenvalue weighted by molar-refractivity contribution is 6.29. The van der Waals surface area contributed by atoms with Crippen LogP contribution in [0.15, 0.2) is 186 Å². The van der Waals surface area contributed by atoms with E-state index in [0.717, 1.165) is 55.1 Å². The molecule has 0 aliphatic heterocycles. The van der Waals surface area contributed by atoms with Crippen LogP contribution in [-0.4, -0.2) is 19.5 Å². The lowest BCUT2D eigenvalue weighted by Crippen LogP contribution is -2.00. The Morgan fingerprint density at radius 1 is 0.357 bits per heavy atom. The van der Waals surface area contributed by atoms with Gasteiger partial charge < -0.3 is 8.98 Å². The summed E-state index contributed by atoms with van der Waals surface area (Å²) in [6.07, 6.45) is 0. The minimum Gasteiger partial charge on any atom is -0.456 e. The quantitative estimate of drug-likeness (QED) is 0.182. The molecule has 12 rings (SSSR count). The van der Waals surface area contributed by atoms with Crippen LogP contribution in [0.5, 0.6) is 0 Å². The molecule has 9 aromatic carbocycles. The third-order valence-electron chi connectivity index (χ3n) is 11.2. The zero-order valence-corrected chi connectivity index (χ0v) is 30.0. The van der Waals surface area contributed by atoms with Gasteiger partial charge in [-0.1, -0.05) is 146 Å². The highest BCUT2D eigenvalue weighted by atomic mass is 16.3. The number of aromatic nitrogens is 4. The lowest BCUT2D eigenvalue weighted by Gasteiger charge is -2.11. The zero-order valence-electron chi connectivity index (χ0n) is 30.0. The number of hydrogen-bond donors (Lipinski definition) is 0. The van der Waals surface area contributed by atoms with E-state index in [-0.39, 0.29) is 0 Å². The van der Waals surface area contributed by atoms with Gasteiger partial charge in [-0.25, -0.2) is 15.0 Å². The summed E-state index contributed by atoms with van der Waals surface area (Å²) in [6.45, 7) is 0. The van der Waals surface area contributed by atoms with Gasteiger partial charge in [-0.2, -0.15) is 0 Å². The molecule has 5 heteroatoms. The first-order valence-electron chi connectivity index (χ1n) is 18.9. The SMILES string of the molecule is c1ccc(-c2nc(-c3ccccc3)nc(-c3cc4oc5ccc(-n6c7ccc8ccccc8c7c7c8ccccc8ccc76)cc5c4c4ccccc34)n2)cc1. The minimum absolute atomic E-state index is 0.599. The second-order valence-electron chi connectivity index (χ2n) is 14.4. The second kappa shape index (κ2) is 11.9. The Morgan fingerprint density at radius 2 is 0.875 bits per heavy atom. The van der Waals surface area contributed by atoms with E-state index in [9.17, 15) is 0 Å². The Hall–Kier alpha value is -7.63. The second-order valence-corrected chi connectivity index (χ2v) is 14.4. The molecular weight excluding hydrogens is 685 g/mol. The highest BCUT2D eigenvalue weighted by Gasteiger charge is 2.21. The van der Waals surface area contributed by atoms with Gasteiger partial charge in [0, 0.05) is 43.9 Å². The third-order valence-corrected chi connectivity index (χ3v) is 11.2. The van der Waals surface area contributed by atoms with E-state index >= 15 is 0 Å².